The fourth-order valence-electron chi connectivity index (χ4n) is 4.26. The van der Waals surface area contributed by atoms with Gasteiger partial charge in [-0.2, -0.15) is 0 Å². The zero-order valence-electron chi connectivity index (χ0n) is 13.2. The lowest BCUT2D eigenvalue weighted by molar-refractivity contribution is -0.155. The second kappa shape index (κ2) is 5.41. The zero-order valence-corrected chi connectivity index (χ0v) is 13.2. The van der Waals surface area contributed by atoms with Gasteiger partial charge in [-0.15, -0.1) is 0 Å². The minimum absolute atomic E-state index is 0.0660. The lowest BCUT2D eigenvalue weighted by Crippen LogP contribution is -2.57. The van der Waals surface area contributed by atoms with E-state index in [4.69, 9.17) is 9.47 Å². The molecular weight excluding hydrogens is 312 g/mol. The highest BCUT2D eigenvalue weighted by Crippen LogP contribution is 2.46. The van der Waals surface area contributed by atoms with Crippen molar-refractivity contribution in [2.75, 3.05) is 0 Å². The van der Waals surface area contributed by atoms with Crippen LogP contribution in [0, 0.1) is 11.8 Å². The molecule has 1 N–H and O–H groups in total. The molecule has 3 aliphatic rings. The molecule has 1 aromatic carbocycles. The zero-order chi connectivity index (χ0) is 17.0. The summed E-state index contributed by atoms with van der Waals surface area (Å²) in [5.74, 6) is -2.58. The Morgan fingerprint density at radius 2 is 1.96 bits per heavy atom. The maximum absolute atomic E-state index is 13.0. The van der Waals surface area contributed by atoms with Crippen molar-refractivity contribution in [1.29, 1.82) is 0 Å². The molecule has 0 aromatic heterocycles. The lowest BCUT2D eigenvalue weighted by Gasteiger charge is -2.44. The molecule has 2 fully saturated rings. The molecule has 1 aromatic rings. The molecule has 0 radical (unpaired) electrons. The van der Waals surface area contributed by atoms with E-state index in [0.717, 1.165) is 6.42 Å². The molecule has 2 saturated heterocycles. The second-order valence-electron chi connectivity index (χ2n) is 6.64. The predicted molar refractivity (Wildman–Crippen MR) is 81.8 cm³/mol. The first-order valence-corrected chi connectivity index (χ1v) is 8.28. The van der Waals surface area contributed by atoms with Gasteiger partial charge in [0.2, 0.25) is 0 Å². The van der Waals surface area contributed by atoms with Crippen molar-refractivity contribution in [3.8, 4) is 5.75 Å². The van der Waals surface area contributed by atoms with E-state index in [0.29, 0.717) is 6.42 Å². The number of aromatic hydroxyl groups is 1. The molecule has 0 bridgehead atoms. The van der Waals surface area contributed by atoms with E-state index in [-0.39, 0.29) is 34.9 Å². The average molecular weight is 330 g/mol. The number of hydrogen-bond donors (Lipinski definition) is 1. The number of esters is 1. The fraction of sp³-hybridized carbons (Fsp3) is 0.500. The Bertz CT molecular complexity index is 739. The molecule has 24 heavy (non-hydrogen) atoms. The highest BCUT2D eigenvalue weighted by molar-refractivity contribution is 6.18. The van der Waals surface area contributed by atoms with E-state index >= 15 is 0 Å². The van der Waals surface area contributed by atoms with Gasteiger partial charge in [0.15, 0.2) is 11.6 Å². The summed E-state index contributed by atoms with van der Waals surface area (Å²) >= 11 is 0. The Hall–Kier alpha value is -2.21. The fourth-order valence-corrected chi connectivity index (χ4v) is 4.26. The van der Waals surface area contributed by atoms with Crippen LogP contribution in [0.5, 0.6) is 5.75 Å². The van der Waals surface area contributed by atoms with Crippen molar-refractivity contribution in [2.24, 2.45) is 11.8 Å². The predicted octanol–water partition coefficient (Wildman–Crippen LogP) is 1.89. The van der Waals surface area contributed by atoms with Gasteiger partial charge >= 0.3 is 5.97 Å². The van der Waals surface area contributed by atoms with Gasteiger partial charge in [0.25, 0.3) is 0 Å². The Balaban J connectivity index is 1.85. The van der Waals surface area contributed by atoms with Crippen LogP contribution in [0.25, 0.3) is 0 Å². The third kappa shape index (κ3) is 2.02. The van der Waals surface area contributed by atoms with Crippen molar-refractivity contribution >= 4 is 17.5 Å². The molecule has 0 unspecified atom stereocenters. The summed E-state index contributed by atoms with van der Waals surface area (Å²) in [6.07, 6.45) is -0.133. The summed E-state index contributed by atoms with van der Waals surface area (Å²) in [5, 5.41) is 10.1. The minimum atomic E-state index is -0.728. The molecule has 6 nitrogen and oxygen atoms in total. The Labute approximate surface area is 138 Å². The van der Waals surface area contributed by atoms with Crippen LogP contribution >= 0.6 is 0 Å². The number of carbonyl (C=O) groups is 3. The molecule has 2 aliphatic heterocycles. The molecule has 1 aliphatic carbocycles. The van der Waals surface area contributed by atoms with Gasteiger partial charge in [-0.25, -0.2) is 0 Å². The van der Waals surface area contributed by atoms with Crippen molar-refractivity contribution in [3.63, 3.8) is 0 Å². The first-order valence-electron chi connectivity index (χ1n) is 8.28. The number of phenols is 1. The average Bonchev–Trinajstić information content (AvgIpc) is 2.91. The van der Waals surface area contributed by atoms with E-state index in [1.165, 1.54) is 6.07 Å². The van der Waals surface area contributed by atoms with Gasteiger partial charge in [0.1, 0.15) is 18.0 Å². The van der Waals surface area contributed by atoms with E-state index in [1.54, 1.807) is 12.1 Å². The monoisotopic (exact) mass is 330 g/mol. The molecule has 2 heterocycles. The first kappa shape index (κ1) is 15.3. The normalized spacial score (nSPS) is 34.4. The smallest absolute Gasteiger partial charge is 0.308 e. The highest BCUT2D eigenvalue weighted by atomic mass is 16.6. The lowest BCUT2D eigenvalue weighted by atomic mass is 9.66. The van der Waals surface area contributed by atoms with Crippen LogP contribution in [0.1, 0.15) is 46.9 Å². The van der Waals surface area contributed by atoms with Crippen LogP contribution in [-0.2, 0) is 14.3 Å². The SMILES string of the molecule is CCC[C@H]1O[C@@H]2CC(=O)O[C@@H]2[C@@H]2C(=O)c3cccc(O)c3C(=O)[C@@H]21. The standard InChI is InChI=1S/C18H18O6/c1-2-4-10-14-15(18-11(23-10)7-12(20)24-18)16(21)8-5-3-6-9(19)13(8)17(14)22/h3,5-6,10-11,14-15,18-19H,2,4,7H2,1H3/t10-,11-,14-,15+,18+/m1/s1. The number of benzene rings is 1. The number of rotatable bonds is 2. The summed E-state index contributed by atoms with van der Waals surface area (Å²) in [7, 11) is 0. The Morgan fingerprint density at radius 3 is 2.71 bits per heavy atom. The first-order chi connectivity index (χ1) is 11.5. The number of carbonyl (C=O) groups excluding carboxylic acids is 3. The molecule has 0 amide bonds. The molecule has 6 heteroatoms. The van der Waals surface area contributed by atoms with Gasteiger partial charge in [0, 0.05) is 5.56 Å². The van der Waals surface area contributed by atoms with E-state index in [2.05, 4.69) is 0 Å². The van der Waals surface area contributed by atoms with Crippen LogP contribution < -0.4 is 0 Å². The molecule has 126 valence electrons. The quantitative estimate of drug-likeness (QED) is 0.833. The van der Waals surface area contributed by atoms with Crippen LogP contribution in [-0.4, -0.2) is 41.0 Å². The summed E-state index contributed by atoms with van der Waals surface area (Å²) in [4.78, 5) is 37.8. The third-order valence-corrected chi connectivity index (χ3v) is 5.23. The molecule has 5 atom stereocenters. The second-order valence-corrected chi connectivity index (χ2v) is 6.64. The van der Waals surface area contributed by atoms with Crippen LogP contribution in [0.15, 0.2) is 18.2 Å². The maximum Gasteiger partial charge on any atom is 0.308 e. The van der Waals surface area contributed by atoms with Crippen molar-refractivity contribution in [2.45, 2.75) is 44.5 Å². The number of hydrogen-bond acceptors (Lipinski definition) is 6. The van der Waals surface area contributed by atoms with Crippen molar-refractivity contribution in [1.82, 2.24) is 0 Å². The summed E-state index contributed by atoms with van der Waals surface area (Å²) in [6.45, 7) is 1.97. The molecule has 0 saturated carbocycles. The summed E-state index contributed by atoms with van der Waals surface area (Å²) in [5.41, 5.74) is 0.274. The maximum atomic E-state index is 13.0. The van der Waals surface area contributed by atoms with Crippen LogP contribution in [0.2, 0.25) is 0 Å². The topological polar surface area (TPSA) is 89.9 Å². The third-order valence-electron chi connectivity index (χ3n) is 5.23. The highest BCUT2D eigenvalue weighted by Gasteiger charge is 2.59. The van der Waals surface area contributed by atoms with Crippen LogP contribution in [0.4, 0.5) is 0 Å². The molecule has 4 rings (SSSR count). The van der Waals surface area contributed by atoms with Crippen LogP contribution in [0.3, 0.4) is 0 Å². The van der Waals surface area contributed by atoms with Gasteiger partial charge in [-0.05, 0) is 12.5 Å². The Kier molecular flexibility index (Phi) is 3.46. The number of ether oxygens (including phenoxy) is 2. The van der Waals surface area contributed by atoms with Gasteiger partial charge in [-0.1, -0.05) is 25.5 Å². The van der Waals surface area contributed by atoms with Crippen molar-refractivity contribution < 1.29 is 29.0 Å². The molecular formula is C18H18O6. The largest absolute Gasteiger partial charge is 0.507 e. The Morgan fingerprint density at radius 1 is 1.17 bits per heavy atom. The van der Waals surface area contributed by atoms with E-state index in [9.17, 15) is 19.5 Å². The van der Waals surface area contributed by atoms with E-state index in [1.807, 2.05) is 6.92 Å². The van der Waals surface area contributed by atoms with E-state index < -0.39 is 36.1 Å². The van der Waals surface area contributed by atoms with Gasteiger partial charge in [0.05, 0.1) is 29.9 Å². The number of phenolic OH excluding ortho intramolecular Hbond substituents is 1. The minimum Gasteiger partial charge on any atom is -0.507 e. The van der Waals surface area contributed by atoms with Gasteiger partial charge < -0.3 is 14.6 Å². The van der Waals surface area contributed by atoms with Crippen molar-refractivity contribution in [3.05, 3.63) is 29.3 Å². The molecule has 0 spiro atoms. The number of fused-ring (bicyclic) bond motifs is 4. The summed E-state index contributed by atoms with van der Waals surface area (Å²) in [6, 6.07) is 4.49. The number of ketones is 2. The van der Waals surface area contributed by atoms with Gasteiger partial charge in [-0.3, -0.25) is 14.4 Å². The summed E-state index contributed by atoms with van der Waals surface area (Å²) < 4.78 is 11.3. The number of Topliss-reactive ketones (excluding diaryl/α,β-unsaturated/α-hetero) is 2.